The van der Waals surface area contributed by atoms with E-state index in [1.54, 1.807) is 11.3 Å². The van der Waals surface area contributed by atoms with Crippen molar-refractivity contribution in [1.29, 1.82) is 0 Å². The minimum Gasteiger partial charge on any atom is -0.357 e. The molecule has 29 heavy (non-hydrogen) atoms. The van der Waals surface area contributed by atoms with Crippen LogP contribution in [0.3, 0.4) is 0 Å². The van der Waals surface area contributed by atoms with Crippen molar-refractivity contribution >= 4 is 23.1 Å². The standard InChI is InChI=1S/C21H33N7S/c1-5-22-21(25-15-20-26-16(3)17(4)29-20)24-14-18-7-8-19(23-13-18)28-11-9-27(6-2)10-12-28/h7-8,13H,5-6,9-12,14-15H2,1-4H3,(H2,22,24,25). The Morgan fingerprint density at radius 3 is 2.52 bits per heavy atom. The Hall–Kier alpha value is -2.19. The Labute approximate surface area is 178 Å². The summed E-state index contributed by atoms with van der Waals surface area (Å²) < 4.78 is 0. The molecule has 0 saturated carbocycles. The van der Waals surface area contributed by atoms with Gasteiger partial charge in [0.15, 0.2) is 5.96 Å². The predicted octanol–water partition coefficient (Wildman–Crippen LogP) is 2.55. The molecule has 1 saturated heterocycles. The van der Waals surface area contributed by atoms with Crippen LogP contribution in [0.1, 0.15) is 35.0 Å². The molecule has 2 N–H and O–H groups in total. The molecule has 1 aliphatic rings. The number of aryl methyl sites for hydroxylation is 2. The van der Waals surface area contributed by atoms with Crippen molar-refractivity contribution in [3.05, 3.63) is 39.5 Å². The summed E-state index contributed by atoms with van der Waals surface area (Å²) in [6.07, 6.45) is 1.95. The van der Waals surface area contributed by atoms with Crippen molar-refractivity contribution in [3.8, 4) is 0 Å². The van der Waals surface area contributed by atoms with Gasteiger partial charge in [0.1, 0.15) is 10.8 Å². The van der Waals surface area contributed by atoms with Crippen LogP contribution in [0.5, 0.6) is 0 Å². The lowest BCUT2D eigenvalue weighted by Crippen LogP contribution is -2.46. The van der Waals surface area contributed by atoms with Gasteiger partial charge in [-0.15, -0.1) is 11.3 Å². The average molecular weight is 416 g/mol. The fraction of sp³-hybridized carbons (Fsp3) is 0.571. The maximum atomic E-state index is 4.70. The third-order valence-corrected chi connectivity index (χ3v) is 6.27. The average Bonchev–Trinajstić information content (AvgIpc) is 3.08. The Morgan fingerprint density at radius 2 is 1.93 bits per heavy atom. The molecule has 7 nitrogen and oxygen atoms in total. The van der Waals surface area contributed by atoms with Crippen LogP contribution in [0, 0.1) is 13.8 Å². The molecule has 1 aliphatic heterocycles. The molecule has 0 unspecified atom stereocenters. The van der Waals surface area contributed by atoms with Gasteiger partial charge in [0.05, 0.1) is 18.8 Å². The lowest BCUT2D eigenvalue weighted by Gasteiger charge is -2.34. The summed E-state index contributed by atoms with van der Waals surface area (Å²) in [6, 6.07) is 4.25. The number of hydrogen-bond acceptors (Lipinski definition) is 6. The molecule has 0 amide bonds. The van der Waals surface area contributed by atoms with E-state index >= 15 is 0 Å². The molecule has 0 radical (unpaired) electrons. The van der Waals surface area contributed by atoms with E-state index in [-0.39, 0.29) is 0 Å². The third kappa shape index (κ3) is 6.14. The molecule has 2 aromatic heterocycles. The Balaban J connectivity index is 1.54. The van der Waals surface area contributed by atoms with Gasteiger partial charge in [0, 0.05) is 43.8 Å². The van der Waals surface area contributed by atoms with Crippen LogP contribution >= 0.6 is 11.3 Å². The minimum atomic E-state index is 0.599. The predicted molar refractivity (Wildman–Crippen MR) is 122 cm³/mol. The molecule has 0 aliphatic carbocycles. The number of anilines is 1. The van der Waals surface area contributed by atoms with Crippen molar-refractivity contribution < 1.29 is 0 Å². The number of hydrogen-bond donors (Lipinski definition) is 2. The number of thiazole rings is 1. The van der Waals surface area contributed by atoms with E-state index in [9.17, 15) is 0 Å². The highest BCUT2D eigenvalue weighted by Gasteiger charge is 2.16. The van der Waals surface area contributed by atoms with Crippen molar-refractivity contribution in [2.45, 2.75) is 40.8 Å². The van der Waals surface area contributed by atoms with Crippen molar-refractivity contribution in [3.63, 3.8) is 0 Å². The molecule has 0 spiro atoms. The first-order valence-corrected chi connectivity index (χ1v) is 11.3. The van der Waals surface area contributed by atoms with E-state index in [1.807, 2.05) is 6.20 Å². The lowest BCUT2D eigenvalue weighted by molar-refractivity contribution is 0.270. The smallest absolute Gasteiger partial charge is 0.191 e. The van der Waals surface area contributed by atoms with Gasteiger partial charge in [-0.25, -0.2) is 15.0 Å². The summed E-state index contributed by atoms with van der Waals surface area (Å²) in [6.45, 7) is 16.0. The number of nitrogens with zero attached hydrogens (tertiary/aromatic N) is 5. The zero-order chi connectivity index (χ0) is 20.6. The molecule has 1 fully saturated rings. The van der Waals surface area contributed by atoms with E-state index in [0.717, 1.165) is 67.3 Å². The number of rotatable bonds is 7. The molecule has 0 bridgehead atoms. The Morgan fingerprint density at radius 1 is 1.14 bits per heavy atom. The van der Waals surface area contributed by atoms with Gasteiger partial charge in [0.2, 0.25) is 0 Å². The zero-order valence-electron chi connectivity index (χ0n) is 18.0. The monoisotopic (exact) mass is 415 g/mol. The van der Waals surface area contributed by atoms with E-state index in [4.69, 9.17) is 4.99 Å². The number of aromatic nitrogens is 2. The van der Waals surface area contributed by atoms with Gasteiger partial charge in [-0.2, -0.15) is 0 Å². The summed E-state index contributed by atoms with van der Waals surface area (Å²) in [5.41, 5.74) is 2.22. The molecular weight excluding hydrogens is 382 g/mol. The van der Waals surface area contributed by atoms with Gasteiger partial charge >= 0.3 is 0 Å². The van der Waals surface area contributed by atoms with E-state index in [1.165, 1.54) is 4.88 Å². The van der Waals surface area contributed by atoms with Gasteiger partial charge in [0.25, 0.3) is 0 Å². The van der Waals surface area contributed by atoms with Crippen LogP contribution in [0.2, 0.25) is 0 Å². The molecule has 0 aromatic carbocycles. The number of piperazine rings is 1. The summed E-state index contributed by atoms with van der Waals surface area (Å²) >= 11 is 1.73. The Kier molecular flexibility index (Phi) is 7.83. The number of aliphatic imine (C=N–C) groups is 1. The van der Waals surface area contributed by atoms with E-state index in [2.05, 4.69) is 70.2 Å². The van der Waals surface area contributed by atoms with Crippen molar-refractivity contribution in [2.24, 2.45) is 4.99 Å². The molecule has 0 atom stereocenters. The summed E-state index contributed by atoms with van der Waals surface area (Å²) in [7, 11) is 0. The quantitative estimate of drug-likeness (QED) is 0.535. The summed E-state index contributed by atoms with van der Waals surface area (Å²) in [4.78, 5) is 20.1. The lowest BCUT2D eigenvalue weighted by atomic mass is 10.2. The Bertz CT molecular complexity index is 772. The highest BCUT2D eigenvalue weighted by atomic mass is 32.1. The molecule has 2 aromatic rings. The highest BCUT2D eigenvalue weighted by molar-refractivity contribution is 7.11. The normalized spacial score (nSPS) is 15.6. The summed E-state index contributed by atoms with van der Waals surface area (Å²) in [5.74, 6) is 1.87. The van der Waals surface area contributed by atoms with Crippen molar-refractivity contribution in [2.75, 3.05) is 44.2 Å². The van der Waals surface area contributed by atoms with Crippen LogP contribution in [0.15, 0.2) is 23.3 Å². The molecule has 158 valence electrons. The van der Waals surface area contributed by atoms with Gasteiger partial charge in [-0.05, 0) is 38.9 Å². The highest BCUT2D eigenvalue weighted by Crippen LogP contribution is 2.16. The summed E-state index contributed by atoms with van der Waals surface area (Å²) in [5, 5.41) is 7.76. The SMILES string of the molecule is CCNC(=NCc1ccc(N2CCN(CC)CC2)nc1)NCc1nc(C)c(C)s1. The first-order valence-electron chi connectivity index (χ1n) is 10.5. The number of pyridine rings is 1. The van der Waals surface area contributed by atoms with Gasteiger partial charge in [-0.3, -0.25) is 0 Å². The van der Waals surface area contributed by atoms with Gasteiger partial charge < -0.3 is 20.4 Å². The second-order valence-electron chi connectivity index (χ2n) is 7.24. The first-order chi connectivity index (χ1) is 14.1. The maximum absolute atomic E-state index is 4.70. The van der Waals surface area contributed by atoms with Crippen LogP contribution in [0.25, 0.3) is 0 Å². The maximum Gasteiger partial charge on any atom is 0.191 e. The van der Waals surface area contributed by atoms with Crippen LogP contribution < -0.4 is 15.5 Å². The zero-order valence-corrected chi connectivity index (χ0v) is 18.8. The third-order valence-electron chi connectivity index (χ3n) is 5.20. The minimum absolute atomic E-state index is 0.599. The second-order valence-corrected chi connectivity index (χ2v) is 8.53. The molecular formula is C21H33N7S. The number of likely N-dealkylation sites (N-methyl/N-ethyl adjacent to an activating group) is 1. The topological polar surface area (TPSA) is 68.7 Å². The van der Waals surface area contributed by atoms with Crippen LogP contribution in [0.4, 0.5) is 5.82 Å². The van der Waals surface area contributed by atoms with E-state index in [0.29, 0.717) is 13.1 Å². The fourth-order valence-corrected chi connectivity index (χ4v) is 4.15. The molecule has 3 heterocycles. The largest absolute Gasteiger partial charge is 0.357 e. The number of guanidine groups is 1. The molecule has 3 rings (SSSR count). The fourth-order valence-electron chi connectivity index (χ4n) is 3.28. The van der Waals surface area contributed by atoms with E-state index < -0.39 is 0 Å². The van der Waals surface area contributed by atoms with Crippen LogP contribution in [-0.2, 0) is 13.1 Å². The van der Waals surface area contributed by atoms with Crippen molar-refractivity contribution in [1.82, 2.24) is 25.5 Å². The first kappa shape index (κ1) is 21.5. The second kappa shape index (κ2) is 10.5. The number of nitrogens with one attached hydrogen (secondary N) is 2. The van der Waals surface area contributed by atoms with Gasteiger partial charge in [-0.1, -0.05) is 13.0 Å². The van der Waals surface area contributed by atoms with Crippen LogP contribution in [-0.4, -0.2) is 60.1 Å². The molecule has 8 heteroatoms.